The van der Waals surface area contributed by atoms with Crippen molar-refractivity contribution in [2.75, 3.05) is 6.54 Å². The van der Waals surface area contributed by atoms with Crippen molar-refractivity contribution in [1.82, 2.24) is 9.88 Å². The topological polar surface area (TPSA) is 33.2 Å². The van der Waals surface area contributed by atoms with Crippen LogP contribution in [0, 0.1) is 0 Å². The van der Waals surface area contributed by atoms with Crippen LogP contribution in [0.25, 0.3) is 10.2 Å². The lowest BCUT2D eigenvalue weighted by atomic mass is 10.0. The SMILES string of the molecule is O=C(c1cccc(Br)c1)N1CCCCC1c1nc2ccccc2s1. The predicted molar refractivity (Wildman–Crippen MR) is 101 cm³/mol. The average molecular weight is 401 g/mol. The van der Waals surface area contributed by atoms with Crippen LogP contribution in [-0.4, -0.2) is 22.3 Å². The molecule has 0 N–H and O–H groups in total. The molecule has 24 heavy (non-hydrogen) atoms. The Kier molecular flexibility index (Phi) is 4.37. The zero-order chi connectivity index (χ0) is 16.5. The molecule has 0 bridgehead atoms. The number of hydrogen-bond donors (Lipinski definition) is 0. The van der Waals surface area contributed by atoms with E-state index in [0.717, 1.165) is 46.4 Å². The van der Waals surface area contributed by atoms with Crippen LogP contribution in [0.3, 0.4) is 0 Å². The standard InChI is InChI=1S/C19H17BrN2OS/c20-14-7-5-6-13(12-14)19(23)22-11-4-3-9-16(22)18-21-15-8-1-2-10-17(15)24-18/h1-2,5-8,10,12,16H,3-4,9,11H2. The molecule has 1 aromatic heterocycles. The van der Waals surface area contributed by atoms with Crippen molar-refractivity contribution < 1.29 is 4.79 Å². The molecule has 0 spiro atoms. The highest BCUT2D eigenvalue weighted by Crippen LogP contribution is 2.36. The van der Waals surface area contributed by atoms with E-state index in [1.54, 1.807) is 11.3 Å². The highest BCUT2D eigenvalue weighted by molar-refractivity contribution is 9.10. The molecule has 1 saturated heterocycles. The summed E-state index contributed by atoms with van der Waals surface area (Å²) in [6.07, 6.45) is 3.18. The smallest absolute Gasteiger partial charge is 0.254 e. The maximum absolute atomic E-state index is 13.0. The molecule has 3 nitrogen and oxygen atoms in total. The summed E-state index contributed by atoms with van der Waals surface area (Å²) >= 11 is 5.17. The van der Waals surface area contributed by atoms with E-state index in [0.29, 0.717) is 0 Å². The van der Waals surface area contributed by atoms with Crippen molar-refractivity contribution in [3.05, 3.63) is 63.6 Å². The summed E-state index contributed by atoms with van der Waals surface area (Å²) in [6, 6.07) is 15.9. The number of amides is 1. The second-order valence-electron chi connectivity index (χ2n) is 6.04. The lowest BCUT2D eigenvalue weighted by molar-refractivity contribution is 0.0611. The normalized spacial score (nSPS) is 18.0. The molecule has 1 amide bonds. The van der Waals surface area contributed by atoms with Gasteiger partial charge in [-0.1, -0.05) is 34.1 Å². The third-order valence-electron chi connectivity index (χ3n) is 4.43. The molecule has 1 fully saturated rings. The van der Waals surface area contributed by atoms with Gasteiger partial charge in [-0.05, 0) is 49.6 Å². The van der Waals surface area contributed by atoms with Crippen molar-refractivity contribution >= 4 is 43.4 Å². The van der Waals surface area contributed by atoms with Gasteiger partial charge >= 0.3 is 0 Å². The maximum atomic E-state index is 13.0. The minimum absolute atomic E-state index is 0.0858. The molecular formula is C19H17BrN2OS. The van der Waals surface area contributed by atoms with Crippen LogP contribution in [0.4, 0.5) is 0 Å². The number of fused-ring (bicyclic) bond motifs is 1. The largest absolute Gasteiger partial charge is 0.329 e. The first kappa shape index (κ1) is 15.8. The van der Waals surface area contributed by atoms with Crippen LogP contribution < -0.4 is 0 Å². The second-order valence-corrected chi connectivity index (χ2v) is 8.02. The predicted octanol–water partition coefficient (Wildman–Crippen LogP) is 5.43. The van der Waals surface area contributed by atoms with E-state index in [1.807, 2.05) is 47.4 Å². The van der Waals surface area contributed by atoms with Crippen molar-refractivity contribution in [2.24, 2.45) is 0 Å². The Morgan fingerprint density at radius 1 is 1.17 bits per heavy atom. The van der Waals surface area contributed by atoms with Crippen LogP contribution in [0.2, 0.25) is 0 Å². The molecule has 0 aliphatic carbocycles. The molecule has 2 heterocycles. The molecule has 3 aromatic rings. The summed E-state index contributed by atoms with van der Waals surface area (Å²) in [5, 5.41) is 1.05. The molecule has 0 radical (unpaired) electrons. The van der Waals surface area contributed by atoms with Gasteiger partial charge in [0.25, 0.3) is 5.91 Å². The summed E-state index contributed by atoms with van der Waals surface area (Å²) < 4.78 is 2.12. The van der Waals surface area contributed by atoms with Crippen molar-refractivity contribution in [2.45, 2.75) is 25.3 Å². The Hall–Kier alpha value is -1.72. The number of piperidine rings is 1. The molecule has 1 unspecified atom stereocenters. The van der Waals surface area contributed by atoms with E-state index >= 15 is 0 Å². The number of thiazole rings is 1. The number of para-hydroxylation sites is 1. The lowest BCUT2D eigenvalue weighted by Crippen LogP contribution is -2.38. The Morgan fingerprint density at radius 3 is 2.88 bits per heavy atom. The number of hydrogen-bond acceptors (Lipinski definition) is 3. The van der Waals surface area contributed by atoms with Gasteiger partial charge in [0.2, 0.25) is 0 Å². The summed E-state index contributed by atoms with van der Waals surface area (Å²) in [5.74, 6) is 0.0975. The van der Waals surface area contributed by atoms with Gasteiger partial charge in [0.15, 0.2) is 0 Å². The van der Waals surface area contributed by atoms with E-state index in [1.165, 1.54) is 4.70 Å². The zero-order valence-corrected chi connectivity index (χ0v) is 15.5. The Bertz CT molecular complexity index is 859. The first-order chi connectivity index (χ1) is 11.7. The van der Waals surface area contributed by atoms with Gasteiger partial charge in [0.1, 0.15) is 5.01 Å². The molecule has 1 aliphatic heterocycles. The van der Waals surface area contributed by atoms with Gasteiger partial charge in [-0.3, -0.25) is 4.79 Å². The van der Waals surface area contributed by atoms with Gasteiger partial charge in [-0.25, -0.2) is 4.98 Å². The number of carbonyl (C=O) groups excluding carboxylic acids is 1. The molecule has 2 aromatic carbocycles. The number of rotatable bonds is 2. The molecule has 1 aliphatic rings. The van der Waals surface area contributed by atoms with Gasteiger partial charge in [-0.15, -0.1) is 11.3 Å². The van der Waals surface area contributed by atoms with E-state index in [4.69, 9.17) is 4.98 Å². The van der Waals surface area contributed by atoms with E-state index in [-0.39, 0.29) is 11.9 Å². The Labute approximate surface area is 153 Å². The fourth-order valence-electron chi connectivity index (χ4n) is 3.25. The third kappa shape index (κ3) is 2.98. The number of halogens is 1. The molecule has 4 rings (SSSR count). The molecular weight excluding hydrogens is 384 g/mol. The highest BCUT2D eigenvalue weighted by Gasteiger charge is 2.30. The van der Waals surface area contributed by atoms with Crippen LogP contribution in [0.15, 0.2) is 53.0 Å². The van der Waals surface area contributed by atoms with E-state index < -0.39 is 0 Å². The van der Waals surface area contributed by atoms with E-state index in [2.05, 4.69) is 22.0 Å². The molecule has 1 atom stereocenters. The maximum Gasteiger partial charge on any atom is 0.254 e. The van der Waals surface area contributed by atoms with Gasteiger partial charge in [0.05, 0.1) is 16.3 Å². The quantitative estimate of drug-likeness (QED) is 0.574. The Morgan fingerprint density at radius 2 is 2.04 bits per heavy atom. The van der Waals surface area contributed by atoms with Crippen LogP contribution in [0.5, 0.6) is 0 Å². The lowest BCUT2D eigenvalue weighted by Gasteiger charge is -2.34. The van der Waals surface area contributed by atoms with Crippen molar-refractivity contribution in [3.63, 3.8) is 0 Å². The monoisotopic (exact) mass is 400 g/mol. The summed E-state index contributed by atoms with van der Waals surface area (Å²) in [7, 11) is 0. The highest BCUT2D eigenvalue weighted by atomic mass is 79.9. The number of carbonyl (C=O) groups is 1. The number of aromatic nitrogens is 1. The minimum atomic E-state index is 0.0858. The molecule has 122 valence electrons. The van der Waals surface area contributed by atoms with Gasteiger partial charge < -0.3 is 4.90 Å². The summed E-state index contributed by atoms with van der Waals surface area (Å²) in [6.45, 7) is 0.798. The van der Waals surface area contributed by atoms with Crippen LogP contribution in [0.1, 0.15) is 40.7 Å². The van der Waals surface area contributed by atoms with Crippen LogP contribution in [-0.2, 0) is 0 Å². The fourth-order valence-corrected chi connectivity index (χ4v) is 4.77. The van der Waals surface area contributed by atoms with Crippen molar-refractivity contribution in [1.29, 1.82) is 0 Å². The van der Waals surface area contributed by atoms with Crippen molar-refractivity contribution in [3.8, 4) is 0 Å². The van der Waals surface area contributed by atoms with Crippen LogP contribution >= 0.6 is 27.3 Å². The first-order valence-corrected chi connectivity index (χ1v) is 9.75. The molecule has 5 heteroatoms. The number of nitrogens with zero attached hydrogens (tertiary/aromatic N) is 2. The fraction of sp³-hybridized carbons (Fsp3) is 0.263. The number of benzene rings is 2. The summed E-state index contributed by atoms with van der Waals surface area (Å²) in [5.41, 5.74) is 1.76. The van der Waals surface area contributed by atoms with Gasteiger partial charge in [-0.2, -0.15) is 0 Å². The third-order valence-corrected chi connectivity index (χ3v) is 6.06. The number of likely N-dealkylation sites (tertiary alicyclic amines) is 1. The first-order valence-electron chi connectivity index (χ1n) is 8.14. The van der Waals surface area contributed by atoms with Gasteiger partial charge in [0, 0.05) is 16.6 Å². The Balaban J connectivity index is 1.69. The second kappa shape index (κ2) is 6.65. The average Bonchev–Trinajstić information content (AvgIpc) is 3.05. The zero-order valence-electron chi connectivity index (χ0n) is 13.1. The van der Waals surface area contributed by atoms with E-state index in [9.17, 15) is 4.79 Å². The molecule has 0 saturated carbocycles. The summed E-state index contributed by atoms with van der Waals surface area (Å²) in [4.78, 5) is 19.8. The minimum Gasteiger partial charge on any atom is -0.329 e.